The normalized spacial score (nSPS) is 21.4. The summed E-state index contributed by atoms with van der Waals surface area (Å²) in [6.07, 6.45) is 7.84. The van der Waals surface area contributed by atoms with Crippen LogP contribution in [0, 0.1) is 17.6 Å². The SMILES string of the molecule is O=C(c1ccncc1)N1N=C2/C(=C/c3ccc(F)cc3)CCC[C@H]2[C@@H]1c1ccc(F)cc1. The molecule has 6 heteroatoms. The van der Waals surface area contributed by atoms with E-state index in [1.807, 2.05) is 6.08 Å². The number of hydrogen-bond acceptors (Lipinski definition) is 3. The Balaban J connectivity index is 1.57. The van der Waals surface area contributed by atoms with Gasteiger partial charge in [-0.15, -0.1) is 0 Å². The maximum atomic E-state index is 13.6. The molecule has 4 nitrogen and oxygen atoms in total. The topological polar surface area (TPSA) is 45.6 Å². The summed E-state index contributed by atoms with van der Waals surface area (Å²) in [5.74, 6) is -0.811. The molecule has 1 amide bonds. The van der Waals surface area contributed by atoms with E-state index in [1.165, 1.54) is 29.3 Å². The van der Waals surface area contributed by atoms with Crippen molar-refractivity contribution in [1.82, 2.24) is 9.99 Å². The first-order valence-corrected chi connectivity index (χ1v) is 10.6. The molecule has 2 aromatic carbocycles. The van der Waals surface area contributed by atoms with E-state index in [1.54, 1.807) is 48.8 Å². The highest BCUT2D eigenvalue weighted by Gasteiger charge is 2.43. The molecule has 1 fully saturated rings. The van der Waals surface area contributed by atoms with Gasteiger partial charge in [0.25, 0.3) is 5.91 Å². The lowest BCUT2D eigenvalue weighted by Crippen LogP contribution is -2.31. The van der Waals surface area contributed by atoms with Gasteiger partial charge in [-0.05, 0) is 78.4 Å². The van der Waals surface area contributed by atoms with E-state index >= 15 is 0 Å². The van der Waals surface area contributed by atoms with Gasteiger partial charge in [0.1, 0.15) is 11.6 Å². The molecule has 0 spiro atoms. The minimum atomic E-state index is -0.319. The third-order valence-electron chi connectivity index (χ3n) is 6.06. The molecule has 160 valence electrons. The second-order valence-electron chi connectivity index (χ2n) is 8.09. The van der Waals surface area contributed by atoms with Crippen LogP contribution in [0.15, 0.2) is 83.7 Å². The Hall–Kier alpha value is -3.67. The summed E-state index contributed by atoms with van der Waals surface area (Å²) in [5, 5.41) is 6.34. The molecule has 1 aromatic heterocycles. The Labute approximate surface area is 184 Å². The fourth-order valence-electron chi connectivity index (χ4n) is 4.55. The number of benzene rings is 2. The van der Waals surface area contributed by atoms with Crippen molar-refractivity contribution < 1.29 is 13.6 Å². The van der Waals surface area contributed by atoms with Gasteiger partial charge in [-0.1, -0.05) is 24.3 Å². The summed E-state index contributed by atoms with van der Waals surface area (Å²) < 4.78 is 26.9. The fourth-order valence-corrected chi connectivity index (χ4v) is 4.55. The molecule has 1 aliphatic carbocycles. The smallest absolute Gasteiger partial charge is 0.267 e. The summed E-state index contributed by atoms with van der Waals surface area (Å²) in [6.45, 7) is 0. The molecular weight excluding hydrogens is 408 g/mol. The van der Waals surface area contributed by atoms with Crippen molar-refractivity contribution in [2.24, 2.45) is 11.0 Å². The van der Waals surface area contributed by atoms with Crippen LogP contribution in [-0.4, -0.2) is 21.6 Å². The van der Waals surface area contributed by atoms with Crippen LogP contribution < -0.4 is 0 Å². The minimum Gasteiger partial charge on any atom is -0.267 e. The number of nitrogens with zero attached hydrogens (tertiary/aromatic N) is 3. The summed E-state index contributed by atoms with van der Waals surface area (Å²) in [7, 11) is 0. The number of pyridine rings is 1. The van der Waals surface area contributed by atoms with Gasteiger partial charge in [0.05, 0.1) is 11.8 Å². The van der Waals surface area contributed by atoms with E-state index in [4.69, 9.17) is 5.10 Å². The lowest BCUT2D eigenvalue weighted by atomic mass is 9.77. The summed E-state index contributed by atoms with van der Waals surface area (Å²) in [4.78, 5) is 17.4. The molecule has 3 aromatic rings. The zero-order chi connectivity index (χ0) is 22.1. The van der Waals surface area contributed by atoms with Crippen LogP contribution in [0.3, 0.4) is 0 Å². The molecule has 32 heavy (non-hydrogen) atoms. The monoisotopic (exact) mass is 429 g/mol. The van der Waals surface area contributed by atoms with Crippen LogP contribution in [0.2, 0.25) is 0 Å². The maximum Gasteiger partial charge on any atom is 0.274 e. The molecular formula is C26H21F2N3O. The Morgan fingerprint density at radius 2 is 1.59 bits per heavy atom. The molecule has 2 heterocycles. The van der Waals surface area contributed by atoms with Gasteiger partial charge in [0.2, 0.25) is 0 Å². The average Bonchev–Trinajstić information content (AvgIpc) is 3.22. The Bertz CT molecular complexity index is 1190. The van der Waals surface area contributed by atoms with Gasteiger partial charge in [-0.25, -0.2) is 13.8 Å². The van der Waals surface area contributed by atoms with Gasteiger partial charge in [-0.3, -0.25) is 9.78 Å². The summed E-state index contributed by atoms with van der Waals surface area (Å²) >= 11 is 0. The zero-order valence-electron chi connectivity index (χ0n) is 17.3. The van der Waals surface area contributed by atoms with Crippen molar-refractivity contribution in [3.8, 4) is 0 Å². The maximum absolute atomic E-state index is 13.6. The number of halogens is 2. The fraction of sp³-hybridized carbons (Fsp3) is 0.192. The Morgan fingerprint density at radius 3 is 2.28 bits per heavy atom. The second-order valence-corrected chi connectivity index (χ2v) is 8.09. The van der Waals surface area contributed by atoms with E-state index < -0.39 is 0 Å². The molecule has 5 rings (SSSR count). The van der Waals surface area contributed by atoms with Crippen LogP contribution in [0.1, 0.15) is 46.8 Å². The van der Waals surface area contributed by atoms with Crippen LogP contribution in [0.5, 0.6) is 0 Å². The van der Waals surface area contributed by atoms with E-state index in [2.05, 4.69) is 4.98 Å². The van der Waals surface area contributed by atoms with Crippen molar-refractivity contribution in [3.63, 3.8) is 0 Å². The Kier molecular flexibility index (Phi) is 5.35. The van der Waals surface area contributed by atoms with E-state index in [0.717, 1.165) is 41.7 Å². The highest BCUT2D eigenvalue weighted by molar-refractivity contribution is 6.09. The highest BCUT2D eigenvalue weighted by atomic mass is 19.1. The van der Waals surface area contributed by atoms with Gasteiger partial charge >= 0.3 is 0 Å². The largest absolute Gasteiger partial charge is 0.274 e. The predicted molar refractivity (Wildman–Crippen MR) is 119 cm³/mol. The number of hydrogen-bond donors (Lipinski definition) is 0. The van der Waals surface area contributed by atoms with E-state index in [9.17, 15) is 13.6 Å². The van der Waals surface area contributed by atoms with Crippen LogP contribution in [-0.2, 0) is 0 Å². The lowest BCUT2D eigenvalue weighted by molar-refractivity contribution is 0.0680. The van der Waals surface area contributed by atoms with Crippen LogP contribution in [0.25, 0.3) is 6.08 Å². The molecule has 1 saturated carbocycles. The van der Waals surface area contributed by atoms with Crippen molar-refractivity contribution in [3.05, 3.63) is 107 Å². The summed E-state index contributed by atoms with van der Waals surface area (Å²) in [6, 6.07) is 15.6. The molecule has 0 bridgehead atoms. The number of fused-ring (bicyclic) bond motifs is 1. The first-order chi connectivity index (χ1) is 15.6. The first kappa shape index (κ1) is 20.2. The van der Waals surface area contributed by atoms with Crippen molar-refractivity contribution in [1.29, 1.82) is 0 Å². The van der Waals surface area contributed by atoms with Crippen LogP contribution >= 0.6 is 0 Å². The van der Waals surface area contributed by atoms with Crippen molar-refractivity contribution in [2.45, 2.75) is 25.3 Å². The number of aromatic nitrogens is 1. The molecule has 0 N–H and O–H groups in total. The van der Waals surface area contributed by atoms with E-state index in [0.29, 0.717) is 5.56 Å². The molecule has 2 aliphatic rings. The van der Waals surface area contributed by atoms with Gasteiger partial charge in [0, 0.05) is 23.9 Å². The van der Waals surface area contributed by atoms with Crippen molar-refractivity contribution >= 4 is 17.7 Å². The number of rotatable bonds is 3. The standard InChI is InChI=1S/C26H21F2N3O/c27-21-8-4-17(5-9-21)16-20-2-1-3-23-24(20)30-31(26(32)19-12-14-29-15-13-19)25(23)18-6-10-22(28)11-7-18/h4-16,23,25H,1-3H2/b20-16+/t23-,25+/m1/s1. The minimum absolute atomic E-state index is 0.00620. The molecule has 2 atom stereocenters. The number of carbonyl (C=O) groups is 1. The second kappa shape index (κ2) is 8.46. The first-order valence-electron chi connectivity index (χ1n) is 10.6. The third-order valence-corrected chi connectivity index (χ3v) is 6.06. The van der Waals surface area contributed by atoms with Gasteiger partial charge in [-0.2, -0.15) is 5.10 Å². The molecule has 0 radical (unpaired) electrons. The molecule has 1 aliphatic heterocycles. The van der Waals surface area contributed by atoms with Crippen LogP contribution in [0.4, 0.5) is 8.78 Å². The average molecular weight is 429 g/mol. The number of amides is 1. The Morgan fingerprint density at radius 1 is 0.938 bits per heavy atom. The summed E-state index contributed by atoms with van der Waals surface area (Å²) in [5.41, 5.74) is 4.16. The quantitative estimate of drug-likeness (QED) is 0.529. The van der Waals surface area contributed by atoms with Gasteiger partial charge < -0.3 is 0 Å². The van der Waals surface area contributed by atoms with Crippen molar-refractivity contribution in [2.75, 3.05) is 0 Å². The zero-order valence-corrected chi connectivity index (χ0v) is 17.3. The lowest BCUT2D eigenvalue weighted by Gasteiger charge is -2.29. The highest BCUT2D eigenvalue weighted by Crippen LogP contribution is 2.44. The number of allylic oxidation sites excluding steroid dienone is 1. The number of hydrazone groups is 1. The molecule has 0 unspecified atom stereocenters. The third kappa shape index (κ3) is 3.84. The molecule has 0 saturated heterocycles. The van der Waals surface area contributed by atoms with E-state index in [-0.39, 0.29) is 29.5 Å². The number of carbonyl (C=O) groups excluding carboxylic acids is 1. The predicted octanol–water partition coefficient (Wildman–Crippen LogP) is 5.80. The van der Waals surface area contributed by atoms with Gasteiger partial charge in [0.15, 0.2) is 0 Å².